The van der Waals surface area contributed by atoms with E-state index < -0.39 is 24.8 Å². The van der Waals surface area contributed by atoms with Gasteiger partial charge in [-0.1, -0.05) is 18.7 Å². The molecular formula is C17H19F2O5PS. The first-order valence-corrected chi connectivity index (χ1v) is 10.2. The highest BCUT2D eigenvalue weighted by atomic mass is 32.1. The highest BCUT2D eigenvalue weighted by molar-refractivity contribution is 7.54. The van der Waals surface area contributed by atoms with Crippen molar-refractivity contribution in [3.8, 4) is 0 Å². The summed E-state index contributed by atoms with van der Waals surface area (Å²) in [7, 11) is -4.68. The maximum atomic E-state index is 14.8. The van der Waals surface area contributed by atoms with Crippen LogP contribution in [0.2, 0.25) is 0 Å². The number of fused-ring (bicyclic) bond motifs is 1. The first-order chi connectivity index (χ1) is 12.3. The van der Waals surface area contributed by atoms with Crippen LogP contribution in [0.3, 0.4) is 0 Å². The van der Waals surface area contributed by atoms with Gasteiger partial charge in [-0.15, -0.1) is 11.3 Å². The number of carbonyl (C=O) groups excluding carboxylic acids is 1. The Bertz CT molecular complexity index is 839. The minimum atomic E-state index is -4.68. The molecule has 0 atom stereocenters. The molecular weight excluding hydrogens is 385 g/mol. The van der Waals surface area contributed by atoms with Gasteiger partial charge in [-0.05, 0) is 37.4 Å². The maximum absolute atomic E-state index is 14.8. The molecule has 0 amide bonds. The quantitative estimate of drug-likeness (QED) is 0.311. The molecule has 2 aromatic rings. The highest BCUT2D eigenvalue weighted by Gasteiger charge is 2.54. The monoisotopic (exact) mass is 404 g/mol. The van der Waals surface area contributed by atoms with Crippen LogP contribution in [0.15, 0.2) is 36.9 Å². The van der Waals surface area contributed by atoms with E-state index in [1.165, 1.54) is 38.1 Å². The number of carbonyl (C=O) groups is 1. The molecule has 0 fully saturated rings. The second kappa shape index (κ2) is 8.39. The largest absolute Gasteiger partial charge is 0.457 e. The van der Waals surface area contributed by atoms with Crippen molar-refractivity contribution in [3.63, 3.8) is 0 Å². The Balaban J connectivity index is 2.42. The summed E-state index contributed by atoms with van der Waals surface area (Å²) >= 11 is 1.12. The third kappa shape index (κ3) is 4.04. The summed E-state index contributed by atoms with van der Waals surface area (Å²) in [5.74, 6) is -0.561. The standard InChI is InChI=1S/C17H19F2O5PS/c1-4-9-22-16(20)15-11-12-10-13(7-8-14(12)26-15)17(18,19)25(21,23-5-2)24-6-3/h4,7-8,10-11H,1,5-6,9H2,2-3H3. The molecule has 9 heteroatoms. The minimum Gasteiger partial charge on any atom is -0.457 e. The van der Waals surface area contributed by atoms with Crippen LogP contribution in [0, 0.1) is 0 Å². The summed E-state index contributed by atoms with van der Waals surface area (Å²) in [4.78, 5) is 12.2. The van der Waals surface area contributed by atoms with Crippen LogP contribution in [0.5, 0.6) is 0 Å². The van der Waals surface area contributed by atoms with Crippen LogP contribution in [-0.2, 0) is 24.0 Å². The molecule has 0 aliphatic heterocycles. The molecule has 5 nitrogen and oxygen atoms in total. The number of ether oxygens (including phenoxy) is 1. The molecule has 0 aliphatic carbocycles. The van der Waals surface area contributed by atoms with Crippen LogP contribution in [0.1, 0.15) is 29.1 Å². The van der Waals surface area contributed by atoms with Crippen molar-refractivity contribution < 1.29 is 31.9 Å². The van der Waals surface area contributed by atoms with E-state index >= 15 is 0 Å². The fourth-order valence-corrected chi connectivity index (χ4v) is 4.71. The molecule has 0 unspecified atom stereocenters. The maximum Gasteiger partial charge on any atom is 0.404 e. The van der Waals surface area contributed by atoms with Crippen molar-refractivity contribution in [2.24, 2.45) is 0 Å². The minimum absolute atomic E-state index is 0.0578. The van der Waals surface area contributed by atoms with Gasteiger partial charge in [0.2, 0.25) is 0 Å². The first-order valence-electron chi connectivity index (χ1n) is 7.88. The lowest BCUT2D eigenvalue weighted by Crippen LogP contribution is -2.18. The van der Waals surface area contributed by atoms with Crippen molar-refractivity contribution in [1.82, 2.24) is 0 Å². The Labute approximate surface area is 154 Å². The van der Waals surface area contributed by atoms with Crippen molar-refractivity contribution >= 4 is 35.0 Å². The average molecular weight is 404 g/mol. The summed E-state index contributed by atoms with van der Waals surface area (Å²) in [6.07, 6.45) is 1.43. The van der Waals surface area contributed by atoms with Gasteiger partial charge in [-0.3, -0.25) is 4.57 Å². The number of rotatable bonds is 9. The van der Waals surface area contributed by atoms with Crippen LogP contribution in [0.25, 0.3) is 10.1 Å². The van der Waals surface area contributed by atoms with Crippen molar-refractivity contribution in [3.05, 3.63) is 47.4 Å². The van der Waals surface area contributed by atoms with Crippen LogP contribution >= 0.6 is 18.9 Å². The zero-order valence-electron chi connectivity index (χ0n) is 14.4. The summed E-state index contributed by atoms with van der Waals surface area (Å²) in [6.45, 7) is 6.09. The van der Waals surface area contributed by atoms with Crippen molar-refractivity contribution in [1.29, 1.82) is 0 Å². The molecule has 1 aromatic carbocycles. The van der Waals surface area contributed by atoms with Gasteiger partial charge in [0.15, 0.2) is 0 Å². The summed E-state index contributed by atoms with van der Waals surface area (Å²) < 4.78 is 57.3. The third-order valence-corrected chi connectivity index (χ3v) is 6.58. The van der Waals surface area contributed by atoms with E-state index in [1.54, 1.807) is 0 Å². The Morgan fingerprint density at radius 2 is 1.92 bits per heavy atom. The van der Waals surface area contributed by atoms with E-state index in [2.05, 4.69) is 6.58 Å². The molecule has 26 heavy (non-hydrogen) atoms. The number of hydrogen-bond donors (Lipinski definition) is 0. The van der Waals surface area contributed by atoms with Gasteiger partial charge < -0.3 is 13.8 Å². The Morgan fingerprint density at radius 1 is 1.27 bits per heavy atom. The normalized spacial score (nSPS) is 12.3. The molecule has 142 valence electrons. The molecule has 0 spiro atoms. The zero-order valence-corrected chi connectivity index (χ0v) is 16.1. The number of alkyl halides is 2. The molecule has 0 saturated heterocycles. The van der Waals surface area contributed by atoms with Crippen LogP contribution in [0.4, 0.5) is 8.78 Å². The number of hydrogen-bond acceptors (Lipinski definition) is 6. The van der Waals surface area contributed by atoms with Gasteiger partial charge in [0.05, 0.1) is 13.2 Å². The Morgan fingerprint density at radius 3 is 2.50 bits per heavy atom. The lowest BCUT2D eigenvalue weighted by molar-refractivity contribution is 0.0362. The van der Waals surface area contributed by atoms with E-state index in [0.29, 0.717) is 10.1 Å². The van der Waals surface area contributed by atoms with Gasteiger partial charge in [0.1, 0.15) is 11.5 Å². The second-order valence-corrected chi connectivity index (χ2v) is 8.28. The summed E-state index contributed by atoms with van der Waals surface area (Å²) in [5, 5.41) is 0.414. The lowest BCUT2D eigenvalue weighted by atomic mass is 10.1. The zero-order chi connectivity index (χ0) is 19.4. The molecule has 0 N–H and O–H groups in total. The van der Waals surface area contributed by atoms with Crippen LogP contribution < -0.4 is 0 Å². The molecule has 0 saturated carbocycles. The molecule has 1 aromatic heterocycles. The molecule has 0 aliphatic rings. The van der Waals surface area contributed by atoms with Crippen LogP contribution in [-0.4, -0.2) is 25.8 Å². The van der Waals surface area contributed by atoms with Gasteiger partial charge in [-0.2, -0.15) is 8.78 Å². The third-order valence-electron chi connectivity index (χ3n) is 3.34. The topological polar surface area (TPSA) is 61.8 Å². The lowest BCUT2D eigenvalue weighted by Gasteiger charge is -2.26. The van der Waals surface area contributed by atoms with E-state index in [-0.39, 0.29) is 24.7 Å². The number of thiophene rings is 1. The van der Waals surface area contributed by atoms with E-state index in [4.69, 9.17) is 13.8 Å². The van der Waals surface area contributed by atoms with Gasteiger partial charge in [0.25, 0.3) is 0 Å². The SMILES string of the molecule is C=CCOC(=O)c1cc2cc(C(F)(F)P(=O)(OCC)OCC)ccc2s1. The Kier molecular flexibility index (Phi) is 6.69. The molecule has 1 heterocycles. The highest BCUT2D eigenvalue weighted by Crippen LogP contribution is 2.66. The van der Waals surface area contributed by atoms with Gasteiger partial charge in [-0.25, -0.2) is 4.79 Å². The van der Waals surface area contributed by atoms with Gasteiger partial charge >= 0.3 is 19.2 Å². The van der Waals surface area contributed by atoms with E-state index in [9.17, 15) is 18.1 Å². The first kappa shape index (κ1) is 20.7. The van der Waals surface area contributed by atoms with Gasteiger partial charge in [0, 0.05) is 10.3 Å². The van der Waals surface area contributed by atoms with Crippen molar-refractivity contribution in [2.75, 3.05) is 19.8 Å². The predicted molar refractivity (Wildman–Crippen MR) is 97.1 cm³/mol. The molecule has 0 radical (unpaired) electrons. The predicted octanol–water partition coefficient (Wildman–Crippen LogP) is 5.56. The molecule has 0 bridgehead atoms. The fourth-order valence-electron chi connectivity index (χ4n) is 2.23. The second-order valence-electron chi connectivity index (χ2n) is 5.12. The Hall–Kier alpha value is -1.60. The average Bonchev–Trinajstić information content (AvgIpc) is 3.03. The van der Waals surface area contributed by atoms with Crippen molar-refractivity contribution in [2.45, 2.75) is 19.5 Å². The number of benzene rings is 1. The number of esters is 1. The summed E-state index contributed by atoms with van der Waals surface area (Å²) in [5.41, 5.74) is -4.32. The van der Waals surface area contributed by atoms with E-state index in [1.807, 2.05) is 0 Å². The molecule has 2 rings (SSSR count). The number of halogens is 2. The fraction of sp³-hybridized carbons (Fsp3) is 0.353. The smallest absolute Gasteiger partial charge is 0.404 e. The summed E-state index contributed by atoms with van der Waals surface area (Å²) in [6, 6.07) is 5.23. The van der Waals surface area contributed by atoms with E-state index in [0.717, 1.165) is 17.4 Å².